The largest absolute Gasteiger partial charge is 0.462 e. The summed E-state index contributed by atoms with van der Waals surface area (Å²) in [5.74, 6) is 0.144. The Kier molecular flexibility index (Phi) is 5.09. The number of carbonyl (C=O) groups excluding carboxylic acids is 1. The molecule has 1 saturated heterocycles. The number of carbonyl (C=O) groups is 1. The van der Waals surface area contributed by atoms with E-state index in [-0.39, 0.29) is 18.2 Å². The maximum Gasteiger partial charge on any atom is 0.302 e. The highest BCUT2D eigenvalue weighted by Gasteiger charge is 2.29. The van der Waals surface area contributed by atoms with Crippen LogP contribution in [-0.2, 0) is 14.3 Å². The normalized spacial score (nSPS) is 25.7. The topological polar surface area (TPSA) is 35.5 Å². The van der Waals surface area contributed by atoms with Gasteiger partial charge in [0.25, 0.3) is 0 Å². The first-order valence-corrected chi connectivity index (χ1v) is 5.94. The third kappa shape index (κ3) is 3.82. The summed E-state index contributed by atoms with van der Waals surface area (Å²) in [7, 11) is 0. The molecule has 0 amide bonds. The van der Waals surface area contributed by atoms with Gasteiger partial charge >= 0.3 is 5.97 Å². The lowest BCUT2D eigenvalue weighted by Crippen LogP contribution is -2.36. The summed E-state index contributed by atoms with van der Waals surface area (Å²) < 4.78 is 11.0. The molecule has 0 aromatic heterocycles. The average molecular weight is 214 g/mol. The highest BCUT2D eigenvalue weighted by molar-refractivity contribution is 5.66. The maximum atomic E-state index is 10.9. The predicted molar refractivity (Wildman–Crippen MR) is 58.6 cm³/mol. The molecule has 0 aromatic carbocycles. The second-order valence-corrected chi connectivity index (χ2v) is 4.29. The lowest BCUT2D eigenvalue weighted by Gasteiger charge is -2.33. The Balaban J connectivity index is 2.48. The Morgan fingerprint density at radius 1 is 1.53 bits per heavy atom. The molecule has 1 aliphatic heterocycles. The first-order chi connectivity index (χ1) is 7.15. The quantitative estimate of drug-likeness (QED) is 0.675. The number of hydrogen-bond donors (Lipinski definition) is 0. The molecule has 15 heavy (non-hydrogen) atoms. The summed E-state index contributed by atoms with van der Waals surface area (Å²) in [6, 6.07) is 0. The van der Waals surface area contributed by atoms with Crippen LogP contribution in [0, 0.1) is 5.92 Å². The lowest BCUT2D eigenvalue weighted by atomic mass is 9.89. The van der Waals surface area contributed by atoms with Crippen LogP contribution < -0.4 is 0 Å². The van der Waals surface area contributed by atoms with Crippen LogP contribution >= 0.6 is 0 Å². The Hall–Kier alpha value is -0.570. The molecular weight excluding hydrogens is 192 g/mol. The van der Waals surface area contributed by atoms with Gasteiger partial charge in [0.15, 0.2) is 0 Å². The Labute approximate surface area is 92.1 Å². The van der Waals surface area contributed by atoms with Crippen molar-refractivity contribution in [3.63, 3.8) is 0 Å². The fraction of sp³-hybridized carbons (Fsp3) is 0.917. The predicted octanol–water partition coefficient (Wildman–Crippen LogP) is 2.53. The minimum absolute atomic E-state index is 0.0319. The fourth-order valence-electron chi connectivity index (χ4n) is 2.35. The van der Waals surface area contributed by atoms with E-state index < -0.39 is 0 Å². The van der Waals surface area contributed by atoms with E-state index in [1.807, 2.05) is 6.92 Å². The zero-order valence-corrected chi connectivity index (χ0v) is 9.99. The number of ether oxygens (including phenoxy) is 2. The van der Waals surface area contributed by atoms with Gasteiger partial charge in [0.05, 0.1) is 6.10 Å². The van der Waals surface area contributed by atoms with Crippen LogP contribution in [0.2, 0.25) is 0 Å². The third-order valence-electron chi connectivity index (χ3n) is 3.12. The zero-order chi connectivity index (χ0) is 11.3. The molecule has 1 fully saturated rings. The number of esters is 1. The zero-order valence-electron chi connectivity index (χ0n) is 9.99. The molecule has 88 valence electrons. The van der Waals surface area contributed by atoms with Crippen LogP contribution in [0.4, 0.5) is 0 Å². The molecule has 3 unspecified atom stereocenters. The van der Waals surface area contributed by atoms with Crippen molar-refractivity contribution in [1.29, 1.82) is 0 Å². The fourth-order valence-corrected chi connectivity index (χ4v) is 2.35. The van der Waals surface area contributed by atoms with E-state index >= 15 is 0 Å². The van der Waals surface area contributed by atoms with Gasteiger partial charge in [-0.1, -0.05) is 6.92 Å². The first-order valence-electron chi connectivity index (χ1n) is 5.94. The van der Waals surface area contributed by atoms with Crippen LogP contribution in [0.25, 0.3) is 0 Å². The summed E-state index contributed by atoms with van der Waals surface area (Å²) in [6.45, 7) is 6.41. The molecule has 3 atom stereocenters. The van der Waals surface area contributed by atoms with E-state index in [4.69, 9.17) is 9.47 Å². The molecule has 0 aliphatic carbocycles. The van der Waals surface area contributed by atoms with E-state index in [9.17, 15) is 4.79 Å². The van der Waals surface area contributed by atoms with Gasteiger partial charge in [0.2, 0.25) is 0 Å². The summed E-state index contributed by atoms with van der Waals surface area (Å²) in [5.41, 5.74) is 0. The molecule has 1 heterocycles. The molecule has 0 spiro atoms. The molecule has 0 saturated carbocycles. The van der Waals surface area contributed by atoms with Gasteiger partial charge in [-0.2, -0.15) is 0 Å². The van der Waals surface area contributed by atoms with E-state index in [0.717, 1.165) is 25.9 Å². The van der Waals surface area contributed by atoms with E-state index in [0.29, 0.717) is 5.92 Å². The summed E-state index contributed by atoms with van der Waals surface area (Å²) in [4.78, 5) is 10.9. The minimum atomic E-state index is -0.197. The molecule has 3 nitrogen and oxygen atoms in total. The van der Waals surface area contributed by atoms with Gasteiger partial charge in [0, 0.05) is 19.4 Å². The van der Waals surface area contributed by atoms with Crippen molar-refractivity contribution in [2.24, 2.45) is 5.92 Å². The van der Waals surface area contributed by atoms with Gasteiger partial charge in [-0.3, -0.25) is 4.79 Å². The standard InChI is InChI=1S/C12H22O3/c1-4-11(9(2)15-10(3)13)12-7-5-6-8-14-12/h9,11-12H,4-8H2,1-3H3. The van der Waals surface area contributed by atoms with Crippen molar-refractivity contribution in [2.45, 2.75) is 58.7 Å². The van der Waals surface area contributed by atoms with Gasteiger partial charge < -0.3 is 9.47 Å². The van der Waals surface area contributed by atoms with E-state index in [2.05, 4.69) is 6.92 Å². The van der Waals surface area contributed by atoms with Crippen molar-refractivity contribution in [3.8, 4) is 0 Å². The van der Waals surface area contributed by atoms with Crippen molar-refractivity contribution in [2.75, 3.05) is 6.61 Å². The molecule has 3 heteroatoms. The van der Waals surface area contributed by atoms with Crippen LogP contribution in [0.1, 0.15) is 46.5 Å². The highest BCUT2D eigenvalue weighted by Crippen LogP contribution is 2.26. The summed E-state index contributed by atoms with van der Waals surface area (Å²) in [6.07, 6.45) is 4.74. The van der Waals surface area contributed by atoms with Crippen LogP contribution in [0.5, 0.6) is 0 Å². The number of rotatable bonds is 4. The maximum absolute atomic E-state index is 10.9. The van der Waals surface area contributed by atoms with Crippen molar-refractivity contribution in [3.05, 3.63) is 0 Å². The van der Waals surface area contributed by atoms with E-state index in [1.165, 1.54) is 13.3 Å². The molecule has 0 bridgehead atoms. The van der Waals surface area contributed by atoms with E-state index in [1.54, 1.807) is 0 Å². The van der Waals surface area contributed by atoms with Crippen LogP contribution in [0.3, 0.4) is 0 Å². The highest BCUT2D eigenvalue weighted by atomic mass is 16.5. The summed E-state index contributed by atoms with van der Waals surface area (Å²) in [5, 5.41) is 0. The molecular formula is C12H22O3. The van der Waals surface area contributed by atoms with Crippen molar-refractivity contribution >= 4 is 5.97 Å². The first kappa shape index (κ1) is 12.5. The second kappa shape index (κ2) is 6.11. The SMILES string of the molecule is CCC(C(C)OC(C)=O)C1CCCCO1. The van der Waals surface area contributed by atoms with Crippen molar-refractivity contribution < 1.29 is 14.3 Å². The van der Waals surface area contributed by atoms with Crippen molar-refractivity contribution in [1.82, 2.24) is 0 Å². The lowest BCUT2D eigenvalue weighted by molar-refractivity contribution is -0.152. The Bertz CT molecular complexity index is 197. The number of hydrogen-bond acceptors (Lipinski definition) is 3. The van der Waals surface area contributed by atoms with Gasteiger partial charge in [-0.25, -0.2) is 0 Å². The van der Waals surface area contributed by atoms with Crippen LogP contribution in [-0.4, -0.2) is 24.8 Å². The molecule has 1 rings (SSSR count). The Morgan fingerprint density at radius 3 is 2.73 bits per heavy atom. The molecule has 1 aliphatic rings. The van der Waals surface area contributed by atoms with Gasteiger partial charge in [0.1, 0.15) is 6.10 Å². The monoisotopic (exact) mass is 214 g/mol. The molecule has 0 aromatic rings. The summed E-state index contributed by atoms with van der Waals surface area (Å²) >= 11 is 0. The molecule has 0 N–H and O–H groups in total. The van der Waals surface area contributed by atoms with Gasteiger partial charge in [-0.05, 0) is 32.6 Å². The minimum Gasteiger partial charge on any atom is -0.462 e. The van der Waals surface area contributed by atoms with Gasteiger partial charge in [-0.15, -0.1) is 0 Å². The second-order valence-electron chi connectivity index (χ2n) is 4.29. The molecule has 0 radical (unpaired) electrons. The average Bonchev–Trinajstić information content (AvgIpc) is 2.19. The smallest absolute Gasteiger partial charge is 0.302 e. The van der Waals surface area contributed by atoms with Crippen LogP contribution in [0.15, 0.2) is 0 Å². The third-order valence-corrected chi connectivity index (χ3v) is 3.12. The Morgan fingerprint density at radius 2 is 2.27 bits per heavy atom.